The van der Waals surface area contributed by atoms with Crippen LogP contribution < -0.4 is 5.32 Å². The maximum atomic E-state index is 6.25. The maximum absolute atomic E-state index is 6.25. The summed E-state index contributed by atoms with van der Waals surface area (Å²) in [5.41, 5.74) is 1.08. The topological polar surface area (TPSA) is 63.2 Å². The molecule has 4 heterocycles. The van der Waals surface area contributed by atoms with Crippen molar-refractivity contribution in [3.8, 4) is 0 Å². The van der Waals surface area contributed by atoms with Crippen LogP contribution in [0.3, 0.4) is 0 Å². The number of aromatic nitrogens is 3. The van der Waals surface area contributed by atoms with E-state index in [1.165, 1.54) is 6.42 Å². The van der Waals surface area contributed by atoms with Gasteiger partial charge >= 0.3 is 0 Å². The second-order valence-corrected chi connectivity index (χ2v) is 6.75. The Bertz CT molecular complexity index is 653. The molecule has 24 heavy (non-hydrogen) atoms. The molecule has 2 unspecified atom stereocenters. The number of nitrogens with zero attached hydrogens (tertiary/aromatic N) is 4. The van der Waals surface area contributed by atoms with E-state index in [-0.39, 0.29) is 11.6 Å². The van der Waals surface area contributed by atoms with Crippen LogP contribution in [0.25, 0.3) is 0 Å². The molecular formula is C18H23N5O. The Morgan fingerprint density at radius 1 is 1.17 bits per heavy atom. The van der Waals surface area contributed by atoms with E-state index in [4.69, 9.17) is 4.74 Å². The van der Waals surface area contributed by atoms with Crippen molar-refractivity contribution in [3.05, 3.63) is 48.5 Å². The Morgan fingerprint density at radius 2 is 2.04 bits per heavy atom. The number of hydrogen-bond donors (Lipinski definition) is 1. The normalized spacial score (nSPS) is 27.4. The number of anilines is 1. The van der Waals surface area contributed by atoms with E-state index in [9.17, 15) is 0 Å². The third-order valence-electron chi connectivity index (χ3n) is 4.84. The van der Waals surface area contributed by atoms with Crippen LogP contribution in [0.1, 0.15) is 25.0 Å². The van der Waals surface area contributed by atoms with Gasteiger partial charge < -0.3 is 10.1 Å². The first-order chi connectivity index (χ1) is 11.8. The van der Waals surface area contributed by atoms with Crippen LogP contribution in [0.15, 0.2) is 42.9 Å². The van der Waals surface area contributed by atoms with Crippen LogP contribution in [0, 0.1) is 0 Å². The van der Waals surface area contributed by atoms with Gasteiger partial charge in [0.25, 0.3) is 0 Å². The van der Waals surface area contributed by atoms with Gasteiger partial charge in [-0.3, -0.25) is 9.88 Å². The molecule has 2 atom stereocenters. The van der Waals surface area contributed by atoms with Gasteiger partial charge in [-0.25, -0.2) is 9.97 Å². The van der Waals surface area contributed by atoms with Gasteiger partial charge in [0.1, 0.15) is 0 Å². The van der Waals surface area contributed by atoms with Crippen molar-refractivity contribution < 1.29 is 4.74 Å². The van der Waals surface area contributed by atoms with Crippen LogP contribution in [0.2, 0.25) is 0 Å². The van der Waals surface area contributed by atoms with Crippen molar-refractivity contribution in [2.24, 2.45) is 0 Å². The smallest absolute Gasteiger partial charge is 0.222 e. The average molecular weight is 325 g/mol. The molecule has 2 fully saturated rings. The number of pyridine rings is 1. The molecule has 2 aliphatic rings. The Labute approximate surface area is 142 Å². The largest absolute Gasteiger partial charge is 0.371 e. The molecule has 6 nitrogen and oxygen atoms in total. The van der Waals surface area contributed by atoms with E-state index in [2.05, 4.69) is 31.2 Å². The highest BCUT2D eigenvalue weighted by Gasteiger charge is 2.43. The van der Waals surface area contributed by atoms with E-state index in [1.807, 2.05) is 24.4 Å². The quantitative estimate of drug-likeness (QED) is 0.929. The Hall–Kier alpha value is -2.05. The Kier molecular flexibility index (Phi) is 4.40. The zero-order valence-electron chi connectivity index (χ0n) is 13.8. The first-order valence-electron chi connectivity index (χ1n) is 8.61. The minimum Gasteiger partial charge on any atom is -0.371 e. The van der Waals surface area contributed by atoms with Gasteiger partial charge in [0.05, 0.1) is 23.9 Å². The molecule has 2 aromatic rings. The van der Waals surface area contributed by atoms with E-state index in [0.717, 1.165) is 44.8 Å². The fourth-order valence-corrected chi connectivity index (χ4v) is 3.82. The summed E-state index contributed by atoms with van der Waals surface area (Å²) in [6.45, 7) is 3.69. The van der Waals surface area contributed by atoms with Crippen LogP contribution in [0.4, 0.5) is 5.95 Å². The molecule has 126 valence electrons. The van der Waals surface area contributed by atoms with Gasteiger partial charge in [0, 0.05) is 38.1 Å². The van der Waals surface area contributed by atoms with Crippen LogP contribution >= 0.6 is 0 Å². The minimum absolute atomic E-state index is 0.0422. The van der Waals surface area contributed by atoms with E-state index in [1.54, 1.807) is 12.4 Å². The monoisotopic (exact) mass is 325 g/mol. The minimum atomic E-state index is -0.0422. The zero-order chi connectivity index (χ0) is 16.2. The summed E-state index contributed by atoms with van der Waals surface area (Å²) in [7, 11) is 0. The summed E-state index contributed by atoms with van der Waals surface area (Å²) in [6.07, 6.45) is 8.68. The first-order valence-corrected chi connectivity index (χ1v) is 8.61. The molecule has 6 heteroatoms. The van der Waals surface area contributed by atoms with Gasteiger partial charge in [-0.05, 0) is 37.6 Å². The van der Waals surface area contributed by atoms with Crippen LogP contribution in [-0.4, -0.2) is 51.2 Å². The fourth-order valence-electron chi connectivity index (χ4n) is 3.82. The van der Waals surface area contributed by atoms with E-state index >= 15 is 0 Å². The second kappa shape index (κ2) is 6.83. The molecule has 0 aromatic carbocycles. The summed E-state index contributed by atoms with van der Waals surface area (Å²) < 4.78 is 6.25. The Morgan fingerprint density at radius 3 is 2.88 bits per heavy atom. The highest BCUT2D eigenvalue weighted by atomic mass is 16.5. The number of hydrogen-bond acceptors (Lipinski definition) is 6. The molecule has 0 amide bonds. The average Bonchev–Trinajstić information content (AvgIpc) is 2.98. The summed E-state index contributed by atoms with van der Waals surface area (Å²) >= 11 is 0. The van der Waals surface area contributed by atoms with Crippen molar-refractivity contribution in [3.63, 3.8) is 0 Å². The molecule has 0 saturated carbocycles. The van der Waals surface area contributed by atoms with Crippen molar-refractivity contribution in [1.82, 2.24) is 19.9 Å². The Balaban J connectivity index is 1.37. The van der Waals surface area contributed by atoms with Gasteiger partial charge in [-0.15, -0.1) is 0 Å². The van der Waals surface area contributed by atoms with Crippen molar-refractivity contribution in [1.29, 1.82) is 0 Å². The lowest BCUT2D eigenvalue weighted by Crippen LogP contribution is -2.47. The number of likely N-dealkylation sites (tertiary alicyclic amines) is 1. The second-order valence-electron chi connectivity index (χ2n) is 6.75. The number of piperidine rings is 1. The lowest BCUT2D eigenvalue weighted by molar-refractivity contribution is -0.0535. The number of nitrogens with one attached hydrogen (secondary N) is 1. The van der Waals surface area contributed by atoms with Gasteiger partial charge in [-0.2, -0.15) is 0 Å². The standard InChI is InChI=1S/C18H23N5O/c1-2-7-19-15(5-1)12-23-10-3-6-18(14-23)11-16(13-24-18)22-17-20-8-4-9-21-17/h1-2,4-5,7-9,16H,3,6,10-14H2,(H,20,21,22). The molecule has 1 N–H and O–H groups in total. The number of ether oxygens (including phenoxy) is 1. The number of rotatable bonds is 4. The first kappa shape index (κ1) is 15.5. The predicted molar refractivity (Wildman–Crippen MR) is 91.5 cm³/mol. The molecule has 4 rings (SSSR count). The molecule has 0 bridgehead atoms. The van der Waals surface area contributed by atoms with E-state index in [0.29, 0.717) is 5.95 Å². The molecule has 2 saturated heterocycles. The molecule has 2 aliphatic heterocycles. The zero-order valence-corrected chi connectivity index (χ0v) is 13.8. The fraction of sp³-hybridized carbons (Fsp3) is 0.500. The third-order valence-corrected chi connectivity index (χ3v) is 4.84. The van der Waals surface area contributed by atoms with Gasteiger partial charge in [0.15, 0.2) is 0 Å². The van der Waals surface area contributed by atoms with Crippen molar-refractivity contribution in [2.45, 2.75) is 37.5 Å². The van der Waals surface area contributed by atoms with Crippen molar-refractivity contribution in [2.75, 3.05) is 25.0 Å². The van der Waals surface area contributed by atoms with Gasteiger partial charge in [0.2, 0.25) is 5.95 Å². The predicted octanol–water partition coefficient (Wildman–Crippen LogP) is 2.11. The van der Waals surface area contributed by atoms with E-state index < -0.39 is 0 Å². The summed E-state index contributed by atoms with van der Waals surface area (Å²) in [5.74, 6) is 0.685. The van der Waals surface area contributed by atoms with Crippen LogP contribution in [0.5, 0.6) is 0 Å². The molecule has 0 radical (unpaired) electrons. The summed E-state index contributed by atoms with van der Waals surface area (Å²) in [5, 5.41) is 3.40. The summed E-state index contributed by atoms with van der Waals surface area (Å²) in [4.78, 5) is 15.4. The molecule has 1 spiro atoms. The molecular weight excluding hydrogens is 302 g/mol. The summed E-state index contributed by atoms with van der Waals surface area (Å²) in [6, 6.07) is 8.21. The lowest BCUT2D eigenvalue weighted by atomic mass is 9.88. The molecule has 2 aromatic heterocycles. The SMILES string of the molecule is c1ccc(CN2CCCC3(CC(Nc4ncccn4)CO3)C2)nc1. The highest BCUT2D eigenvalue weighted by molar-refractivity contribution is 5.25. The van der Waals surface area contributed by atoms with Crippen LogP contribution in [-0.2, 0) is 11.3 Å². The highest BCUT2D eigenvalue weighted by Crippen LogP contribution is 2.35. The lowest BCUT2D eigenvalue weighted by Gasteiger charge is -2.39. The molecule has 0 aliphatic carbocycles. The van der Waals surface area contributed by atoms with Crippen molar-refractivity contribution >= 4 is 5.95 Å². The maximum Gasteiger partial charge on any atom is 0.222 e. The van der Waals surface area contributed by atoms with Gasteiger partial charge in [-0.1, -0.05) is 6.07 Å². The third kappa shape index (κ3) is 3.55.